The van der Waals surface area contributed by atoms with Crippen molar-refractivity contribution >= 4 is 16.8 Å². The highest BCUT2D eigenvalue weighted by Gasteiger charge is 2.09. The van der Waals surface area contributed by atoms with Gasteiger partial charge < -0.3 is 19.8 Å². The van der Waals surface area contributed by atoms with Crippen molar-refractivity contribution in [2.24, 2.45) is 0 Å². The zero-order valence-corrected chi connectivity index (χ0v) is 13.3. The number of carbonyl (C=O) groups excluding carboxylic acids is 1. The van der Waals surface area contributed by atoms with Crippen LogP contribution in [0.15, 0.2) is 24.3 Å². The van der Waals surface area contributed by atoms with Gasteiger partial charge in [-0.05, 0) is 37.1 Å². The van der Waals surface area contributed by atoms with Gasteiger partial charge in [-0.2, -0.15) is 0 Å². The Bertz CT molecular complexity index is 607. The number of unbranched alkanes of at least 4 members (excludes halogenated alkanes) is 1. The van der Waals surface area contributed by atoms with E-state index in [2.05, 4.69) is 17.2 Å². The van der Waals surface area contributed by atoms with Crippen LogP contribution in [0.4, 0.5) is 0 Å². The summed E-state index contributed by atoms with van der Waals surface area (Å²) < 4.78 is 10.6. The molecule has 5 nitrogen and oxygen atoms in total. The van der Waals surface area contributed by atoms with Gasteiger partial charge in [0.15, 0.2) is 0 Å². The molecule has 2 N–H and O–H groups in total. The number of amides is 1. The van der Waals surface area contributed by atoms with E-state index >= 15 is 0 Å². The van der Waals surface area contributed by atoms with Crippen LogP contribution < -0.4 is 10.1 Å². The first-order valence-corrected chi connectivity index (χ1v) is 7.77. The number of aromatic nitrogens is 1. The first-order valence-electron chi connectivity index (χ1n) is 7.77. The standard InChI is InChI=1S/C17H24N2O3/c1-3-4-9-22-10-5-8-18-17(20)16-12-13-11-14(21-2)6-7-15(13)19-16/h6-7,11-12,19H,3-5,8-10H2,1-2H3,(H,18,20). The molecule has 120 valence electrons. The molecule has 0 fully saturated rings. The number of rotatable bonds is 9. The van der Waals surface area contributed by atoms with Crippen LogP contribution in [-0.2, 0) is 4.74 Å². The topological polar surface area (TPSA) is 63.4 Å². The molecule has 2 aromatic rings. The number of carbonyl (C=O) groups is 1. The third-order valence-corrected chi connectivity index (χ3v) is 3.47. The summed E-state index contributed by atoms with van der Waals surface area (Å²) in [7, 11) is 1.63. The minimum absolute atomic E-state index is 0.0938. The first-order chi connectivity index (χ1) is 10.7. The van der Waals surface area contributed by atoms with Crippen molar-refractivity contribution in [2.45, 2.75) is 26.2 Å². The molecular weight excluding hydrogens is 280 g/mol. The van der Waals surface area contributed by atoms with Crippen LogP contribution in [0.5, 0.6) is 5.75 Å². The van der Waals surface area contributed by atoms with Crippen molar-refractivity contribution in [1.82, 2.24) is 10.3 Å². The Morgan fingerprint density at radius 3 is 2.82 bits per heavy atom. The van der Waals surface area contributed by atoms with Gasteiger partial charge in [0, 0.05) is 30.7 Å². The second-order valence-electron chi connectivity index (χ2n) is 5.21. The molecule has 0 aliphatic carbocycles. The molecule has 5 heteroatoms. The molecule has 0 bridgehead atoms. The lowest BCUT2D eigenvalue weighted by Gasteiger charge is -2.04. The van der Waals surface area contributed by atoms with Crippen LogP contribution in [0.3, 0.4) is 0 Å². The number of fused-ring (bicyclic) bond motifs is 1. The van der Waals surface area contributed by atoms with Crippen LogP contribution in [0, 0.1) is 0 Å². The maximum absolute atomic E-state index is 12.1. The van der Waals surface area contributed by atoms with E-state index in [-0.39, 0.29) is 5.91 Å². The zero-order valence-electron chi connectivity index (χ0n) is 13.3. The van der Waals surface area contributed by atoms with E-state index in [0.29, 0.717) is 18.8 Å². The molecular formula is C17H24N2O3. The van der Waals surface area contributed by atoms with Gasteiger partial charge in [0.2, 0.25) is 0 Å². The summed E-state index contributed by atoms with van der Waals surface area (Å²) >= 11 is 0. The Morgan fingerprint density at radius 2 is 2.05 bits per heavy atom. The van der Waals surface area contributed by atoms with Crippen LogP contribution in [0.1, 0.15) is 36.7 Å². The summed E-state index contributed by atoms with van der Waals surface area (Å²) in [6.07, 6.45) is 3.05. The molecule has 0 spiro atoms. The first kappa shape index (κ1) is 16.4. The molecule has 2 rings (SSSR count). The van der Waals surface area contributed by atoms with Crippen LogP contribution in [0.25, 0.3) is 10.9 Å². The highest BCUT2D eigenvalue weighted by molar-refractivity contribution is 5.98. The van der Waals surface area contributed by atoms with E-state index < -0.39 is 0 Å². The normalized spacial score (nSPS) is 10.8. The Kier molecular flexibility index (Phi) is 6.27. The summed E-state index contributed by atoms with van der Waals surface area (Å²) in [4.78, 5) is 15.2. The van der Waals surface area contributed by atoms with Gasteiger partial charge >= 0.3 is 0 Å². The van der Waals surface area contributed by atoms with E-state index in [1.165, 1.54) is 0 Å². The number of nitrogens with one attached hydrogen (secondary N) is 2. The molecule has 22 heavy (non-hydrogen) atoms. The van der Waals surface area contributed by atoms with Crippen molar-refractivity contribution in [1.29, 1.82) is 0 Å². The molecule has 1 heterocycles. The minimum atomic E-state index is -0.0938. The monoisotopic (exact) mass is 304 g/mol. The fourth-order valence-corrected chi connectivity index (χ4v) is 2.18. The molecule has 0 radical (unpaired) electrons. The summed E-state index contributed by atoms with van der Waals surface area (Å²) in [6, 6.07) is 7.52. The average Bonchev–Trinajstić information content (AvgIpc) is 2.96. The molecule has 0 saturated heterocycles. The number of ether oxygens (including phenoxy) is 2. The van der Waals surface area contributed by atoms with Crippen LogP contribution in [-0.4, -0.2) is 37.8 Å². The highest BCUT2D eigenvalue weighted by atomic mass is 16.5. The minimum Gasteiger partial charge on any atom is -0.497 e. The SMILES string of the molecule is CCCCOCCCNC(=O)c1cc2cc(OC)ccc2[nH]1. The average molecular weight is 304 g/mol. The van der Waals surface area contributed by atoms with Crippen molar-refractivity contribution in [3.8, 4) is 5.75 Å². The Hall–Kier alpha value is -2.01. The maximum atomic E-state index is 12.1. The smallest absolute Gasteiger partial charge is 0.267 e. The number of hydrogen-bond acceptors (Lipinski definition) is 3. The largest absolute Gasteiger partial charge is 0.497 e. The molecule has 1 aromatic carbocycles. The summed E-state index contributed by atoms with van der Waals surface area (Å²) in [5.41, 5.74) is 1.49. The number of methoxy groups -OCH3 is 1. The van der Waals surface area contributed by atoms with Crippen molar-refractivity contribution in [2.75, 3.05) is 26.9 Å². The third-order valence-electron chi connectivity index (χ3n) is 3.47. The Labute approximate surface area is 131 Å². The quantitative estimate of drug-likeness (QED) is 0.700. The van der Waals surface area contributed by atoms with Gasteiger partial charge in [0.1, 0.15) is 11.4 Å². The van der Waals surface area contributed by atoms with Crippen molar-refractivity contribution < 1.29 is 14.3 Å². The number of benzene rings is 1. The summed E-state index contributed by atoms with van der Waals surface area (Å²) in [5.74, 6) is 0.686. The fraction of sp³-hybridized carbons (Fsp3) is 0.471. The second kappa shape index (κ2) is 8.44. The molecule has 1 aromatic heterocycles. The molecule has 0 unspecified atom stereocenters. The number of aromatic amines is 1. The van der Waals surface area contributed by atoms with Crippen LogP contribution in [0.2, 0.25) is 0 Å². The van der Waals surface area contributed by atoms with E-state index in [4.69, 9.17) is 9.47 Å². The predicted molar refractivity (Wildman–Crippen MR) is 87.5 cm³/mol. The third kappa shape index (κ3) is 4.49. The van der Waals surface area contributed by atoms with Gasteiger partial charge in [-0.25, -0.2) is 0 Å². The van der Waals surface area contributed by atoms with Crippen molar-refractivity contribution in [3.05, 3.63) is 30.0 Å². The van der Waals surface area contributed by atoms with E-state index in [9.17, 15) is 4.79 Å². The van der Waals surface area contributed by atoms with E-state index in [0.717, 1.165) is 42.5 Å². The molecule has 1 amide bonds. The maximum Gasteiger partial charge on any atom is 0.267 e. The number of hydrogen-bond donors (Lipinski definition) is 2. The summed E-state index contributed by atoms with van der Waals surface area (Å²) in [5, 5.41) is 3.86. The lowest BCUT2D eigenvalue weighted by atomic mass is 10.2. The lowest BCUT2D eigenvalue weighted by Crippen LogP contribution is -2.25. The van der Waals surface area contributed by atoms with Crippen LogP contribution >= 0.6 is 0 Å². The Balaban J connectivity index is 1.80. The molecule has 0 saturated carbocycles. The predicted octanol–water partition coefficient (Wildman–Crippen LogP) is 3.11. The molecule has 0 aliphatic heterocycles. The molecule has 0 atom stereocenters. The van der Waals surface area contributed by atoms with Gasteiger partial charge in [-0.3, -0.25) is 4.79 Å². The highest BCUT2D eigenvalue weighted by Crippen LogP contribution is 2.21. The Morgan fingerprint density at radius 1 is 1.23 bits per heavy atom. The zero-order chi connectivity index (χ0) is 15.8. The lowest BCUT2D eigenvalue weighted by molar-refractivity contribution is 0.0936. The number of H-pyrrole nitrogens is 1. The van der Waals surface area contributed by atoms with Crippen molar-refractivity contribution in [3.63, 3.8) is 0 Å². The van der Waals surface area contributed by atoms with E-state index in [1.54, 1.807) is 7.11 Å². The summed E-state index contributed by atoms with van der Waals surface area (Å²) in [6.45, 7) is 4.24. The second-order valence-corrected chi connectivity index (χ2v) is 5.21. The van der Waals surface area contributed by atoms with E-state index in [1.807, 2.05) is 24.3 Å². The van der Waals surface area contributed by atoms with Gasteiger partial charge in [0.25, 0.3) is 5.91 Å². The van der Waals surface area contributed by atoms with Gasteiger partial charge in [-0.1, -0.05) is 13.3 Å². The van der Waals surface area contributed by atoms with Gasteiger partial charge in [0.05, 0.1) is 7.11 Å². The van der Waals surface area contributed by atoms with Gasteiger partial charge in [-0.15, -0.1) is 0 Å². The molecule has 0 aliphatic rings. The fourth-order valence-electron chi connectivity index (χ4n) is 2.18.